The Morgan fingerprint density at radius 1 is 0.960 bits per heavy atom. The van der Waals surface area contributed by atoms with Gasteiger partial charge in [-0.25, -0.2) is 0 Å². The van der Waals surface area contributed by atoms with Gasteiger partial charge in [0.25, 0.3) is 0 Å². The number of likely N-dealkylation sites (tertiary alicyclic amines) is 1. The smallest absolute Gasteiger partial charge is 0.123 e. The molecule has 0 unspecified atom stereocenters. The van der Waals surface area contributed by atoms with Crippen molar-refractivity contribution in [2.45, 2.75) is 44.8 Å². The van der Waals surface area contributed by atoms with Crippen LogP contribution in [0.15, 0.2) is 54.6 Å². The predicted molar refractivity (Wildman–Crippen MR) is 104 cm³/mol. The minimum atomic E-state index is -0.122. The average molecular weight is 338 g/mol. The van der Waals surface area contributed by atoms with E-state index in [9.17, 15) is 0 Å². The van der Waals surface area contributed by atoms with Crippen molar-refractivity contribution in [2.24, 2.45) is 0 Å². The second-order valence-corrected chi connectivity index (χ2v) is 6.79. The van der Waals surface area contributed by atoms with E-state index in [1.54, 1.807) is 7.11 Å². The van der Waals surface area contributed by atoms with Crippen LogP contribution in [0.3, 0.4) is 0 Å². The van der Waals surface area contributed by atoms with Gasteiger partial charge in [0.1, 0.15) is 5.75 Å². The number of rotatable bonds is 7. The van der Waals surface area contributed by atoms with Crippen molar-refractivity contribution in [2.75, 3.05) is 20.2 Å². The number of methoxy groups -OCH3 is 1. The van der Waals surface area contributed by atoms with Gasteiger partial charge in [-0.05, 0) is 30.9 Å². The monoisotopic (exact) mass is 338 g/mol. The van der Waals surface area contributed by atoms with Gasteiger partial charge in [-0.15, -0.1) is 0 Å². The van der Waals surface area contributed by atoms with E-state index in [4.69, 9.17) is 4.74 Å². The molecular weight excluding hydrogens is 308 g/mol. The lowest BCUT2D eigenvalue weighted by Gasteiger charge is -2.46. The highest BCUT2D eigenvalue weighted by atomic mass is 16.5. The predicted octanol–water partition coefficient (Wildman–Crippen LogP) is 4.53. The molecule has 3 nitrogen and oxygen atoms in total. The summed E-state index contributed by atoms with van der Waals surface area (Å²) in [5.41, 5.74) is 2.44. The van der Waals surface area contributed by atoms with E-state index in [-0.39, 0.29) is 5.66 Å². The fourth-order valence-corrected chi connectivity index (χ4v) is 4.03. The SMILES string of the molecule is CC[C@](NCc1ccccc1OC)(c1ccccc1)N1CCCCC1. The summed E-state index contributed by atoms with van der Waals surface area (Å²) in [6.45, 7) is 5.39. The first kappa shape index (κ1) is 18.0. The first-order valence-corrected chi connectivity index (χ1v) is 9.47. The molecule has 134 valence electrons. The summed E-state index contributed by atoms with van der Waals surface area (Å²) in [5, 5.41) is 3.91. The molecule has 0 aliphatic carbocycles. The van der Waals surface area contributed by atoms with Crippen LogP contribution < -0.4 is 10.1 Å². The molecular formula is C22H30N2O. The minimum Gasteiger partial charge on any atom is -0.496 e. The van der Waals surface area contributed by atoms with Crippen LogP contribution in [0.5, 0.6) is 5.75 Å². The molecule has 0 saturated carbocycles. The molecule has 1 heterocycles. The number of ether oxygens (including phenoxy) is 1. The Bertz CT molecular complexity index is 652. The molecule has 25 heavy (non-hydrogen) atoms. The number of hydrogen-bond donors (Lipinski definition) is 1. The molecule has 1 aliphatic heterocycles. The van der Waals surface area contributed by atoms with Crippen molar-refractivity contribution < 1.29 is 4.74 Å². The van der Waals surface area contributed by atoms with Gasteiger partial charge < -0.3 is 4.74 Å². The summed E-state index contributed by atoms with van der Waals surface area (Å²) in [6, 6.07) is 19.2. The van der Waals surface area contributed by atoms with E-state index in [1.165, 1.54) is 30.4 Å². The summed E-state index contributed by atoms with van der Waals surface area (Å²) >= 11 is 0. The van der Waals surface area contributed by atoms with Gasteiger partial charge >= 0.3 is 0 Å². The first-order valence-electron chi connectivity index (χ1n) is 9.47. The van der Waals surface area contributed by atoms with Crippen LogP contribution in [0, 0.1) is 0 Å². The average Bonchev–Trinajstić information content (AvgIpc) is 2.71. The second-order valence-electron chi connectivity index (χ2n) is 6.79. The summed E-state index contributed by atoms with van der Waals surface area (Å²) < 4.78 is 5.54. The Morgan fingerprint density at radius 2 is 1.64 bits per heavy atom. The molecule has 0 amide bonds. The van der Waals surface area contributed by atoms with Gasteiger partial charge in [-0.2, -0.15) is 0 Å². The second kappa shape index (κ2) is 8.50. The van der Waals surface area contributed by atoms with Crippen LogP contribution in [0.1, 0.15) is 43.7 Å². The zero-order valence-electron chi connectivity index (χ0n) is 15.5. The van der Waals surface area contributed by atoms with Gasteiger partial charge in [0.05, 0.1) is 12.8 Å². The Hall–Kier alpha value is -1.84. The van der Waals surface area contributed by atoms with E-state index in [2.05, 4.69) is 59.6 Å². The maximum absolute atomic E-state index is 5.54. The third-order valence-corrected chi connectivity index (χ3v) is 5.42. The fourth-order valence-electron chi connectivity index (χ4n) is 4.03. The molecule has 0 radical (unpaired) electrons. The highest BCUT2D eigenvalue weighted by Crippen LogP contribution is 2.33. The van der Waals surface area contributed by atoms with Crippen molar-refractivity contribution in [1.29, 1.82) is 0 Å². The van der Waals surface area contributed by atoms with Crippen LogP contribution in [-0.4, -0.2) is 25.1 Å². The summed E-state index contributed by atoms with van der Waals surface area (Å²) in [7, 11) is 1.74. The lowest BCUT2D eigenvalue weighted by molar-refractivity contribution is 0.0270. The summed E-state index contributed by atoms with van der Waals surface area (Å²) in [6.07, 6.45) is 4.94. The molecule has 1 atom stereocenters. The van der Waals surface area contributed by atoms with E-state index in [1.807, 2.05) is 12.1 Å². The number of nitrogens with one attached hydrogen (secondary N) is 1. The molecule has 3 rings (SSSR count). The molecule has 1 fully saturated rings. The number of nitrogens with zero attached hydrogens (tertiary/aromatic N) is 1. The van der Waals surface area contributed by atoms with Crippen molar-refractivity contribution in [3.05, 3.63) is 65.7 Å². The fraction of sp³-hybridized carbons (Fsp3) is 0.455. The Kier molecular flexibility index (Phi) is 6.11. The van der Waals surface area contributed by atoms with Gasteiger partial charge in [-0.1, -0.05) is 61.9 Å². The molecule has 2 aromatic carbocycles. The number of piperidine rings is 1. The minimum absolute atomic E-state index is 0.122. The summed E-state index contributed by atoms with van der Waals surface area (Å²) in [4.78, 5) is 2.64. The molecule has 0 spiro atoms. The van der Waals surface area contributed by atoms with E-state index >= 15 is 0 Å². The van der Waals surface area contributed by atoms with Gasteiger partial charge in [0.15, 0.2) is 0 Å². The molecule has 1 saturated heterocycles. The van der Waals surface area contributed by atoms with Crippen molar-refractivity contribution >= 4 is 0 Å². The van der Waals surface area contributed by atoms with Crippen LogP contribution >= 0.6 is 0 Å². The van der Waals surface area contributed by atoms with Crippen LogP contribution in [-0.2, 0) is 12.2 Å². The molecule has 0 bridgehead atoms. The van der Waals surface area contributed by atoms with Gasteiger partial charge in [0, 0.05) is 25.2 Å². The van der Waals surface area contributed by atoms with Gasteiger partial charge in [0.2, 0.25) is 0 Å². The Morgan fingerprint density at radius 3 is 2.32 bits per heavy atom. The normalized spacial score (nSPS) is 17.8. The molecule has 3 heteroatoms. The lowest BCUT2D eigenvalue weighted by atomic mass is 9.91. The summed E-state index contributed by atoms with van der Waals surface area (Å²) in [5.74, 6) is 0.951. The van der Waals surface area contributed by atoms with Gasteiger partial charge in [-0.3, -0.25) is 10.2 Å². The first-order chi connectivity index (χ1) is 12.3. The topological polar surface area (TPSA) is 24.5 Å². The Labute approximate surface area is 152 Å². The maximum Gasteiger partial charge on any atom is 0.123 e. The van der Waals surface area contributed by atoms with Crippen LogP contribution in [0.25, 0.3) is 0 Å². The van der Waals surface area contributed by atoms with Crippen LogP contribution in [0.2, 0.25) is 0 Å². The van der Waals surface area contributed by atoms with E-state index in [0.717, 1.165) is 31.8 Å². The highest BCUT2D eigenvalue weighted by Gasteiger charge is 2.37. The molecule has 2 aromatic rings. The number of para-hydroxylation sites is 1. The standard InChI is InChI=1S/C22H30N2O/c1-3-22(20-13-6-4-7-14-20,24-16-10-5-11-17-24)23-18-19-12-8-9-15-21(19)25-2/h4,6-9,12-15,23H,3,5,10-11,16-18H2,1-2H3/t22-/m1/s1. The van der Waals surface area contributed by atoms with E-state index in [0.29, 0.717) is 0 Å². The van der Waals surface area contributed by atoms with Crippen molar-refractivity contribution in [3.63, 3.8) is 0 Å². The van der Waals surface area contributed by atoms with Crippen molar-refractivity contribution in [3.8, 4) is 5.75 Å². The zero-order valence-corrected chi connectivity index (χ0v) is 15.5. The van der Waals surface area contributed by atoms with Crippen LogP contribution in [0.4, 0.5) is 0 Å². The quantitative estimate of drug-likeness (QED) is 0.802. The number of hydrogen-bond acceptors (Lipinski definition) is 3. The lowest BCUT2D eigenvalue weighted by Crippen LogP contribution is -2.57. The van der Waals surface area contributed by atoms with Crippen molar-refractivity contribution in [1.82, 2.24) is 10.2 Å². The highest BCUT2D eigenvalue weighted by molar-refractivity contribution is 5.34. The molecule has 0 aromatic heterocycles. The Balaban J connectivity index is 1.90. The molecule has 1 aliphatic rings. The molecule has 1 N–H and O–H groups in total. The largest absolute Gasteiger partial charge is 0.496 e. The van der Waals surface area contributed by atoms with E-state index < -0.39 is 0 Å². The maximum atomic E-state index is 5.54. The zero-order chi connectivity index (χ0) is 17.5. The third-order valence-electron chi connectivity index (χ3n) is 5.42. The number of benzene rings is 2. The third kappa shape index (κ3) is 3.88.